The SMILES string of the molecule is CC(C)Oc1ccccc1N1CCN(CCc2cccc(C(=O)N3CCCCC3)c2)CC1.O.O=C(O)C(=O)O. The molecule has 2 aliphatic rings. The third-order valence-corrected chi connectivity index (χ3v) is 6.66. The summed E-state index contributed by atoms with van der Waals surface area (Å²) >= 11 is 0. The first-order chi connectivity index (χ1) is 18.2. The van der Waals surface area contributed by atoms with E-state index in [1.165, 1.54) is 17.7 Å². The van der Waals surface area contributed by atoms with Gasteiger partial charge in [-0.25, -0.2) is 9.59 Å². The van der Waals surface area contributed by atoms with Crippen LogP contribution in [0.3, 0.4) is 0 Å². The molecule has 4 N–H and O–H groups in total. The number of benzene rings is 2. The summed E-state index contributed by atoms with van der Waals surface area (Å²) in [6, 6.07) is 16.6. The second-order valence-electron chi connectivity index (χ2n) is 9.88. The zero-order chi connectivity index (χ0) is 27.5. The lowest BCUT2D eigenvalue weighted by Gasteiger charge is -2.37. The monoisotopic (exact) mass is 543 g/mol. The maximum absolute atomic E-state index is 12.8. The van der Waals surface area contributed by atoms with E-state index >= 15 is 0 Å². The minimum atomic E-state index is -1.82. The van der Waals surface area contributed by atoms with E-state index in [9.17, 15) is 4.79 Å². The van der Waals surface area contributed by atoms with Gasteiger partial charge in [-0.15, -0.1) is 0 Å². The highest BCUT2D eigenvalue weighted by molar-refractivity contribution is 6.27. The van der Waals surface area contributed by atoms with E-state index in [0.29, 0.717) is 0 Å². The van der Waals surface area contributed by atoms with Crippen molar-refractivity contribution in [1.29, 1.82) is 0 Å². The molecule has 0 aromatic heterocycles. The maximum Gasteiger partial charge on any atom is 0.414 e. The molecule has 0 saturated carbocycles. The van der Waals surface area contributed by atoms with Gasteiger partial charge in [0.2, 0.25) is 0 Å². The van der Waals surface area contributed by atoms with Crippen molar-refractivity contribution < 1.29 is 34.8 Å². The van der Waals surface area contributed by atoms with E-state index in [1.807, 2.05) is 23.1 Å². The van der Waals surface area contributed by atoms with Gasteiger partial charge in [0, 0.05) is 51.4 Å². The molecule has 39 heavy (non-hydrogen) atoms. The second-order valence-corrected chi connectivity index (χ2v) is 9.88. The number of rotatable bonds is 7. The fraction of sp³-hybridized carbons (Fsp3) is 0.483. The van der Waals surface area contributed by atoms with Crippen molar-refractivity contribution in [1.82, 2.24) is 9.80 Å². The molecule has 2 aromatic rings. The van der Waals surface area contributed by atoms with E-state index < -0.39 is 11.9 Å². The first-order valence-corrected chi connectivity index (χ1v) is 13.3. The van der Waals surface area contributed by atoms with Crippen LogP contribution in [0, 0.1) is 0 Å². The van der Waals surface area contributed by atoms with Gasteiger partial charge in [0.25, 0.3) is 5.91 Å². The Morgan fingerprint density at radius 3 is 2.10 bits per heavy atom. The van der Waals surface area contributed by atoms with Crippen LogP contribution in [-0.2, 0) is 16.0 Å². The first-order valence-electron chi connectivity index (χ1n) is 13.3. The number of hydrogen-bond acceptors (Lipinski definition) is 6. The van der Waals surface area contributed by atoms with Gasteiger partial charge in [-0.3, -0.25) is 9.69 Å². The van der Waals surface area contributed by atoms with Crippen LogP contribution in [0.15, 0.2) is 48.5 Å². The third-order valence-electron chi connectivity index (χ3n) is 6.66. The van der Waals surface area contributed by atoms with Crippen LogP contribution in [0.1, 0.15) is 49.0 Å². The molecule has 2 heterocycles. The van der Waals surface area contributed by atoms with Crippen LogP contribution in [0.2, 0.25) is 0 Å². The number of para-hydroxylation sites is 2. The Hall–Kier alpha value is -3.63. The summed E-state index contributed by atoms with van der Waals surface area (Å²) in [4.78, 5) is 38.0. The van der Waals surface area contributed by atoms with Gasteiger partial charge in [-0.2, -0.15) is 0 Å². The Kier molecular flexibility index (Phi) is 12.7. The number of carbonyl (C=O) groups is 3. The fourth-order valence-electron chi connectivity index (χ4n) is 4.71. The minimum absolute atomic E-state index is 0. The second kappa shape index (κ2) is 15.7. The first kappa shape index (κ1) is 31.6. The molecule has 10 nitrogen and oxygen atoms in total. The normalized spacial score (nSPS) is 15.6. The number of anilines is 1. The van der Waals surface area contributed by atoms with Gasteiger partial charge in [0.15, 0.2) is 0 Å². The molecule has 0 unspecified atom stereocenters. The summed E-state index contributed by atoms with van der Waals surface area (Å²) in [6.07, 6.45) is 4.66. The number of hydrogen-bond donors (Lipinski definition) is 2. The van der Waals surface area contributed by atoms with Crippen LogP contribution in [0.4, 0.5) is 5.69 Å². The third kappa shape index (κ3) is 9.88. The lowest BCUT2D eigenvalue weighted by atomic mass is 10.0. The van der Waals surface area contributed by atoms with Crippen molar-refractivity contribution in [3.63, 3.8) is 0 Å². The molecule has 0 aliphatic carbocycles. The van der Waals surface area contributed by atoms with Crippen molar-refractivity contribution in [3.8, 4) is 5.75 Å². The molecule has 0 bridgehead atoms. The standard InChI is InChI=1S/C27H37N3O2.C2H2O4.H2O/c1-22(2)32-26-12-5-4-11-25(26)29-19-17-28(18-20-29)16-13-23-9-8-10-24(21-23)27(31)30-14-6-3-7-15-30;3-1(4)2(5)6;/h4-5,8-12,21-22H,3,6-7,13-20H2,1-2H3;(H,3,4)(H,5,6);1H2. The molecule has 2 fully saturated rings. The number of piperazine rings is 1. The van der Waals surface area contributed by atoms with Crippen molar-refractivity contribution >= 4 is 23.5 Å². The molecule has 4 rings (SSSR count). The van der Waals surface area contributed by atoms with Crippen molar-refractivity contribution in [2.24, 2.45) is 0 Å². The molecule has 0 spiro atoms. The van der Waals surface area contributed by atoms with Crippen molar-refractivity contribution in [3.05, 3.63) is 59.7 Å². The average Bonchev–Trinajstić information content (AvgIpc) is 2.93. The Bertz CT molecular complexity index is 1070. The Labute approximate surface area is 230 Å². The van der Waals surface area contributed by atoms with Gasteiger partial charge >= 0.3 is 11.9 Å². The summed E-state index contributed by atoms with van der Waals surface area (Å²) in [7, 11) is 0. The number of carboxylic acids is 2. The number of ether oxygens (including phenoxy) is 1. The number of nitrogens with zero attached hydrogens (tertiary/aromatic N) is 3. The topological polar surface area (TPSA) is 142 Å². The Morgan fingerprint density at radius 2 is 1.49 bits per heavy atom. The number of carbonyl (C=O) groups excluding carboxylic acids is 1. The smallest absolute Gasteiger partial charge is 0.414 e. The predicted molar refractivity (Wildman–Crippen MR) is 150 cm³/mol. The summed E-state index contributed by atoms with van der Waals surface area (Å²) in [6.45, 7) is 11.1. The lowest BCUT2D eigenvalue weighted by molar-refractivity contribution is -0.159. The molecule has 2 saturated heterocycles. The Morgan fingerprint density at radius 1 is 0.846 bits per heavy atom. The van der Waals surface area contributed by atoms with Crippen LogP contribution in [0.25, 0.3) is 0 Å². The van der Waals surface area contributed by atoms with Gasteiger partial charge in [0.05, 0.1) is 11.8 Å². The van der Waals surface area contributed by atoms with Crippen LogP contribution in [-0.4, -0.2) is 95.3 Å². The molecule has 10 heteroatoms. The van der Waals surface area contributed by atoms with Crippen LogP contribution < -0.4 is 9.64 Å². The number of carboxylic acid groups (broad SMARTS) is 2. The number of amides is 1. The van der Waals surface area contributed by atoms with E-state index in [0.717, 1.165) is 76.4 Å². The Balaban J connectivity index is 0.000000687. The molecule has 2 aliphatic heterocycles. The predicted octanol–water partition coefficient (Wildman–Crippen LogP) is 2.80. The van der Waals surface area contributed by atoms with Gasteiger partial charge in [0.1, 0.15) is 5.75 Å². The quantitative estimate of drug-likeness (QED) is 0.508. The molecular formula is C29H41N3O7. The van der Waals surface area contributed by atoms with Gasteiger partial charge in [-0.1, -0.05) is 24.3 Å². The minimum Gasteiger partial charge on any atom is -0.489 e. The summed E-state index contributed by atoms with van der Waals surface area (Å²) < 4.78 is 6.02. The van der Waals surface area contributed by atoms with E-state index in [2.05, 4.69) is 54.0 Å². The molecule has 0 atom stereocenters. The summed E-state index contributed by atoms with van der Waals surface area (Å²) in [5.74, 6) is -2.47. The van der Waals surface area contributed by atoms with Crippen LogP contribution >= 0.6 is 0 Å². The highest BCUT2D eigenvalue weighted by atomic mass is 16.5. The summed E-state index contributed by atoms with van der Waals surface area (Å²) in [5, 5.41) is 14.8. The highest BCUT2D eigenvalue weighted by Crippen LogP contribution is 2.29. The van der Waals surface area contributed by atoms with Crippen molar-refractivity contribution in [2.75, 3.05) is 50.7 Å². The van der Waals surface area contributed by atoms with E-state index in [4.69, 9.17) is 24.5 Å². The molecule has 2 aromatic carbocycles. The van der Waals surface area contributed by atoms with Gasteiger partial charge < -0.3 is 30.2 Å². The summed E-state index contributed by atoms with van der Waals surface area (Å²) in [5.41, 5.74) is 3.30. The largest absolute Gasteiger partial charge is 0.489 e. The molecule has 214 valence electrons. The zero-order valence-electron chi connectivity index (χ0n) is 22.8. The lowest BCUT2D eigenvalue weighted by Crippen LogP contribution is -2.47. The molecule has 0 radical (unpaired) electrons. The highest BCUT2D eigenvalue weighted by Gasteiger charge is 2.21. The van der Waals surface area contributed by atoms with E-state index in [1.54, 1.807) is 0 Å². The number of aliphatic carboxylic acids is 2. The maximum atomic E-state index is 12.8. The number of likely N-dealkylation sites (tertiary alicyclic amines) is 1. The average molecular weight is 544 g/mol. The van der Waals surface area contributed by atoms with Crippen LogP contribution in [0.5, 0.6) is 5.75 Å². The fourth-order valence-corrected chi connectivity index (χ4v) is 4.71. The van der Waals surface area contributed by atoms with E-state index in [-0.39, 0.29) is 17.5 Å². The molecular weight excluding hydrogens is 502 g/mol. The van der Waals surface area contributed by atoms with Gasteiger partial charge in [-0.05, 0) is 69.4 Å². The van der Waals surface area contributed by atoms with Crippen molar-refractivity contribution in [2.45, 2.75) is 45.6 Å². The molecule has 1 amide bonds. The number of piperidine rings is 1. The zero-order valence-corrected chi connectivity index (χ0v) is 22.8.